The predicted molar refractivity (Wildman–Crippen MR) is 84.6 cm³/mol. The molecule has 1 aliphatic heterocycles. The maximum Gasteiger partial charge on any atom is 0.127 e. The lowest BCUT2D eigenvalue weighted by molar-refractivity contribution is 0.347. The van der Waals surface area contributed by atoms with Crippen LogP contribution < -0.4 is 10.1 Å². The summed E-state index contributed by atoms with van der Waals surface area (Å²) in [5.74, 6) is 1.11. The fourth-order valence-electron chi connectivity index (χ4n) is 2.99. The van der Waals surface area contributed by atoms with E-state index in [2.05, 4.69) is 47.6 Å². The van der Waals surface area contributed by atoms with Crippen molar-refractivity contribution < 1.29 is 4.74 Å². The Morgan fingerprint density at radius 3 is 2.90 bits per heavy atom. The highest BCUT2D eigenvalue weighted by Gasteiger charge is 2.21. The van der Waals surface area contributed by atoms with Gasteiger partial charge in [-0.1, -0.05) is 25.1 Å². The zero-order chi connectivity index (χ0) is 14.5. The summed E-state index contributed by atoms with van der Waals surface area (Å²) in [7, 11) is 0. The molecule has 0 fully saturated rings. The largest absolute Gasteiger partial charge is 0.493 e. The number of nitrogens with one attached hydrogen (secondary N) is 1. The molecule has 3 heteroatoms. The Bertz CT molecular complexity index is 583. The molecule has 0 amide bonds. The summed E-state index contributed by atoms with van der Waals surface area (Å²) in [5, 5.41) is 3.60. The molecule has 0 spiro atoms. The van der Waals surface area contributed by atoms with Crippen LogP contribution in [-0.2, 0) is 12.8 Å². The van der Waals surface area contributed by atoms with Gasteiger partial charge in [0.05, 0.1) is 6.61 Å². The van der Waals surface area contributed by atoms with Gasteiger partial charge in [-0.2, -0.15) is 0 Å². The van der Waals surface area contributed by atoms with Gasteiger partial charge in [0.25, 0.3) is 0 Å². The molecule has 21 heavy (non-hydrogen) atoms. The van der Waals surface area contributed by atoms with Crippen molar-refractivity contribution in [1.29, 1.82) is 0 Å². The van der Waals surface area contributed by atoms with Gasteiger partial charge in [0, 0.05) is 30.4 Å². The van der Waals surface area contributed by atoms with E-state index in [1.165, 1.54) is 16.7 Å². The molecule has 3 nitrogen and oxygen atoms in total. The first-order chi connectivity index (χ1) is 10.4. The quantitative estimate of drug-likeness (QED) is 0.882. The van der Waals surface area contributed by atoms with Crippen LogP contribution in [-0.4, -0.2) is 18.1 Å². The van der Waals surface area contributed by atoms with Gasteiger partial charge in [0.15, 0.2) is 0 Å². The Labute approximate surface area is 126 Å². The molecule has 1 atom stereocenters. The maximum atomic E-state index is 5.86. The van der Waals surface area contributed by atoms with Crippen molar-refractivity contribution in [1.82, 2.24) is 10.3 Å². The number of fused-ring (bicyclic) bond motifs is 1. The Morgan fingerprint density at radius 1 is 1.24 bits per heavy atom. The van der Waals surface area contributed by atoms with Crippen LogP contribution in [0.1, 0.15) is 36.1 Å². The molecular formula is C18H22N2O. The Balaban J connectivity index is 1.77. The number of aromatic nitrogens is 1. The van der Waals surface area contributed by atoms with Crippen LogP contribution in [0.5, 0.6) is 5.75 Å². The molecular weight excluding hydrogens is 260 g/mol. The van der Waals surface area contributed by atoms with E-state index in [1.54, 1.807) is 0 Å². The summed E-state index contributed by atoms with van der Waals surface area (Å²) in [6, 6.07) is 11.1. The molecule has 1 N–H and O–H groups in total. The molecule has 2 aromatic rings. The fourth-order valence-corrected chi connectivity index (χ4v) is 2.99. The van der Waals surface area contributed by atoms with Crippen molar-refractivity contribution >= 4 is 0 Å². The third kappa shape index (κ3) is 3.24. The van der Waals surface area contributed by atoms with Crippen LogP contribution in [0.3, 0.4) is 0 Å². The average Bonchev–Trinajstić information content (AvgIpc) is 3.01. The van der Waals surface area contributed by atoms with Crippen LogP contribution in [0.2, 0.25) is 0 Å². The summed E-state index contributed by atoms with van der Waals surface area (Å²) < 4.78 is 5.86. The molecule has 0 bridgehead atoms. The van der Waals surface area contributed by atoms with Gasteiger partial charge in [-0.25, -0.2) is 0 Å². The first-order valence-corrected chi connectivity index (χ1v) is 7.75. The molecule has 0 saturated carbocycles. The number of ether oxygens (including phenoxy) is 1. The minimum absolute atomic E-state index is 0.344. The first-order valence-electron chi connectivity index (χ1n) is 7.75. The van der Waals surface area contributed by atoms with Gasteiger partial charge in [-0.15, -0.1) is 0 Å². The van der Waals surface area contributed by atoms with E-state index in [0.717, 1.165) is 38.2 Å². The molecule has 1 aliphatic rings. The third-order valence-electron chi connectivity index (χ3n) is 4.04. The van der Waals surface area contributed by atoms with Gasteiger partial charge < -0.3 is 10.1 Å². The van der Waals surface area contributed by atoms with Gasteiger partial charge in [-0.3, -0.25) is 4.98 Å². The van der Waals surface area contributed by atoms with Crippen LogP contribution >= 0.6 is 0 Å². The molecule has 0 aliphatic carbocycles. The highest BCUT2D eigenvalue weighted by Crippen LogP contribution is 2.35. The second-order valence-electron chi connectivity index (χ2n) is 5.44. The lowest BCUT2D eigenvalue weighted by Crippen LogP contribution is -2.22. The first kappa shape index (κ1) is 14.1. The average molecular weight is 282 g/mol. The van der Waals surface area contributed by atoms with E-state index in [0.29, 0.717) is 6.04 Å². The zero-order valence-electron chi connectivity index (χ0n) is 12.5. The van der Waals surface area contributed by atoms with Gasteiger partial charge >= 0.3 is 0 Å². The molecule has 2 heterocycles. The minimum Gasteiger partial charge on any atom is -0.493 e. The summed E-state index contributed by atoms with van der Waals surface area (Å²) in [4.78, 5) is 4.08. The lowest BCUT2D eigenvalue weighted by atomic mass is 9.96. The Hall–Kier alpha value is -1.87. The maximum absolute atomic E-state index is 5.86. The number of benzene rings is 1. The third-order valence-corrected chi connectivity index (χ3v) is 4.04. The van der Waals surface area contributed by atoms with Crippen molar-refractivity contribution in [2.24, 2.45) is 0 Å². The van der Waals surface area contributed by atoms with Crippen molar-refractivity contribution in [3.05, 3.63) is 59.4 Å². The number of para-hydroxylation sites is 1. The monoisotopic (exact) mass is 282 g/mol. The fraction of sp³-hybridized carbons (Fsp3) is 0.389. The zero-order valence-corrected chi connectivity index (χ0v) is 12.5. The van der Waals surface area contributed by atoms with Crippen LogP contribution in [0, 0.1) is 0 Å². The molecule has 110 valence electrons. The van der Waals surface area contributed by atoms with Crippen molar-refractivity contribution in [2.75, 3.05) is 13.2 Å². The summed E-state index contributed by atoms with van der Waals surface area (Å²) in [6.45, 7) is 3.93. The second-order valence-corrected chi connectivity index (χ2v) is 5.44. The summed E-state index contributed by atoms with van der Waals surface area (Å²) in [6.07, 6.45) is 6.87. The summed E-state index contributed by atoms with van der Waals surface area (Å²) in [5.41, 5.74) is 3.99. The van der Waals surface area contributed by atoms with Crippen LogP contribution in [0.15, 0.2) is 42.7 Å². The number of rotatable bonds is 6. The number of hydrogen-bond donors (Lipinski definition) is 1. The number of hydrogen-bond acceptors (Lipinski definition) is 3. The molecule has 1 aromatic carbocycles. The van der Waals surface area contributed by atoms with Crippen molar-refractivity contribution in [3.8, 4) is 5.75 Å². The van der Waals surface area contributed by atoms with Gasteiger partial charge in [0.1, 0.15) is 5.75 Å². The minimum atomic E-state index is 0.344. The van der Waals surface area contributed by atoms with E-state index in [4.69, 9.17) is 4.74 Å². The highest BCUT2D eigenvalue weighted by molar-refractivity contribution is 5.45. The number of pyridine rings is 1. The van der Waals surface area contributed by atoms with E-state index in [-0.39, 0.29) is 0 Å². The number of aryl methyl sites for hydroxylation is 1. The SMILES string of the molecule is CCNC(CCc1ccncc1)c1cccc2c1OCC2. The van der Waals surface area contributed by atoms with Gasteiger partial charge in [-0.05, 0) is 42.6 Å². The smallest absolute Gasteiger partial charge is 0.127 e. The topological polar surface area (TPSA) is 34.2 Å². The standard InChI is InChI=1S/C18H22N2O/c1-2-20-17(7-6-14-8-11-19-12-9-14)16-5-3-4-15-10-13-21-18(15)16/h3-5,8-9,11-12,17,20H,2,6-7,10,13H2,1H3. The van der Waals surface area contributed by atoms with Crippen molar-refractivity contribution in [2.45, 2.75) is 32.2 Å². The molecule has 0 radical (unpaired) electrons. The molecule has 0 saturated heterocycles. The van der Waals surface area contributed by atoms with E-state index in [9.17, 15) is 0 Å². The van der Waals surface area contributed by atoms with Crippen LogP contribution in [0.25, 0.3) is 0 Å². The Morgan fingerprint density at radius 2 is 2.10 bits per heavy atom. The van der Waals surface area contributed by atoms with Crippen molar-refractivity contribution in [3.63, 3.8) is 0 Å². The second kappa shape index (κ2) is 6.72. The molecule has 1 unspecified atom stereocenters. The van der Waals surface area contributed by atoms with E-state index < -0.39 is 0 Å². The van der Waals surface area contributed by atoms with E-state index >= 15 is 0 Å². The summed E-state index contributed by atoms with van der Waals surface area (Å²) >= 11 is 0. The van der Waals surface area contributed by atoms with Crippen LogP contribution in [0.4, 0.5) is 0 Å². The lowest BCUT2D eigenvalue weighted by Gasteiger charge is -2.20. The van der Waals surface area contributed by atoms with Gasteiger partial charge in [0.2, 0.25) is 0 Å². The number of nitrogens with zero attached hydrogens (tertiary/aromatic N) is 1. The molecule has 1 aromatic heterocycles. The Kier molecular flexibility index (Phi) is 4.51. The van der Waals surface area contributed by atoms with E-state index in [1.807, 2.05) is 12.4 Å². The highest BCUT2D eigenvalue weighted by atomic mass is 16.5. The predicted octanol–water partition coefficient (Wildman–Crippen LogP) is 3.30. The normalized spacial score (nSPS) is 14.5. The molecule has 3 rings (SSSR count).